The summed E-state index contributed by atoms with van der Waals surface area (Å²) in [5, 5.41) is 3.39. The second-order valence-corrected chi connectivity index (χ2v) is 8.30. The normalized spacial score (nSPS) is 17.1. The van der Waals surface area contributed by atoms with E-state index < -0.39 is 0 Å². The van der Waals surface area contributed by atoms with Crippen LogP contribution in [0.1, 0.15) is 29.7 Å². The van der Waals surface area contributed by atoms with E-state index >= 15 is 0 Å². The quantitative estimate of drug-likeness (QED) is 0.739. The summed E-state index contributed by atoms with van der Waals surface area (Å²) in [6.07, 6.45) is 10.7. The SMILES string of the molecule is Cc1ccc(/C(N)=C(\c2ccnc(NC3CC3)n2)N2C=CC(CN(C)C)=CC2)cc1. The fourth-order valence-corrected chi connectivity index (χ4v) is 3.46. The Balaban J connectivity index is 1.70. The van der Waals surface area contributed by atoms with Gasteiger partial charge >= 0.3 is 0 Å². The molecule has 0 radical (unpaired) electrons. The minimum absolute atomic E-state index is 0.494. The lowest BCUT2D eigenvalue weighted by molar-refractivity contribution is 0.444. The van der Waals surface area contributed by atoms with Crippen molar-refractivity contribution in [1.29, 1.82) is 0 Å². The summed E-state index contributed by atoms with van der Waals surface area (Å²) in [6.45, 7) is 3.74. The molecule has 2 aliphatic rings. The highest BCUT2D eigenvalue weighted by Gasteiger charge is 2.23. The van der Waals surface area contributed by atoms with Gasteiger partial charge in [-0.1, -0.05) is 35.9 Å². The van der Waals surface area contributed by atoms with Crippen LogP contribution in [0.2, 0.25) is 0 Å². The van der Waals surface area contributed by atoms with Crippen molar-refractivity contribution in [2.75, 3.05) is 32.5 Å². The molecule has 6 heteroatoms. The third-order valence-corrected chi connectivity index (χ3v) is 5.23. The molecule has 4 rings (SSSR count). The average Bonchev–Trinajstić information content (AvgIpc) is 3.54. The number of anilines is 1. The van der Waals surface area contributed by atoms with Gasteiger partial charge in [-0.25, -0.2) is 9.97 Å². The van der Waals surface area contributed by atoms with Crippen LogP contribution in [-0.2, 0) is 0 Å². The molecule has 1 saturated carbocycles. The number of hydrogen-bond donors (Lipinski definition) is 2. The highest BCUT2D eigenvalue weighted by molar-refractivity contribution is 5.88. The monoisotopic (exact) mass is 402 g/mol. The summed E-state index contributed by atoms with van der Waals surface area (Å²) < 4.78 is 0. The zero-order valence-electron chi connectivity index (χ0n) is 18.0. The van der Waals surface area contributed by atoms with Crippen molar-refractivity contribution < 1.29 is 0 Å². The molecule has 6 nitrogen and oxygen atoms in total. The molecule has 1 aromatic carbocycles. The number of nitrogens with two attached hydrogens (primary N) is 1. The van der Waals surface area contributed by atoms with Crippen LogP contribution in [0.25, 0.3) is 11.4 Å². The Hall–Kier alpha value is -3.12. The molecule has 30 heavy (non-hydrogen) atoms. The first-order chi connectivity index (χ1) is 14.5. The number of benzene rings is 1. The zero-order chi connectivity index (χ0) is 21.1. The predicted molar refractivity (Wildman–Crippen MR) is 123 cm³/mol. The number of likely N-dealkylation sites (N-methyl/N-ethyl adjacent to an activating group) is 1. The van der Waals surface area contributed by atoms with Crippen LogP contribution in [0.4, 0.5) is 5.95 Å². The third-order valence-electron chi connectivity index (χ3n) is 5.23. The van der Waals surface area contributed by atoms with Gasteiger partial charge in [0.25, 0.3) is 0 Å². The first kappa shape index (κ1) is 20.2. The second-order valence-electron chi connectivity index (χ2n) is 8.30. The molecular formula is C24H30N6. The highest BCUT2D eigenvalue weighted by atomic mass is 15.2. The number of nitrogens with zero attached hydrogens (tertiary/aromatic N) is 4. The largest absolute Gasteiger partial charge is 0.396 e. The number of hydrogen-bond acceptors (Lipinski definition) is 6. The Labute approximate surface area is 178 Å². The van der Waals surface area contributed by atoms with E-state index in [4.69, 9.17) is 10.7 Å². The van der Waals surface area contributed by atoms with Crippen molar-refractivity contribution in [3.05, 3.63) is 77.3 Å². The van der Waals surface area contributed by atoms with E-state index in [9.17, 15) is 0 Å². The second kappa shape index (κ2) is 8.71. The lowest BCUT2D eigenvalue weighted by Crippen LogP contribution is -2.24. The Bertz CT molecular complexity index is 983. The van der Waals surface area contributed by atoms with Gasteiger partial charge in [0.1, 0.15) is 0 Å². The number of nitrogens with one attached hydrogen (secondary N) is 1. The minimum Gasteiger partial charge on any atom is -0.396 e. The predicted octanol–water partition coefficient (Wildman–Crippen LogP) is 3.46. The summed E-state index contributed by atoms with van der Waals surface area (Å²) in [4.78, 5) is 13.5. The van der Waals surface area contributed by atoms with E-state index in [1.54, 1.807) is 6.20 Å². The molecule has 1 aliphatic heterocycles. The fraction of sp³-hybridized carbons (Fsp3) is 0.333. The summed E-state index contributed by atoms with van der Waals surface area (Å²) in [5.41, 5.74) is 12.6. The summed E-state index contributed by atoms with van der Waals surface area (Å²) >= 11 is 0. The van der Waals surface area contributed by atoms with Crippen molar-refractivity contribution in [1.82, 2.24) is 19.8 Å². The van der Waals surface area contributed by atoms with Crippen molar-refractivity contribution in [3.8, 4) is 0 Å². The zero-order valence-corrected chi connectivity index (χ0v) is 18.0. The van der Waals surface area contributed by atoms with E-state index in [1.165, 1.54) is 24.0 Å². The maximum absolute atomic E-state index is 6.73. The smallest absolute Gasteiger partial charge is 0.223 e. The van der Waals surface area contributed by atoms with Gasteiger partial charge in [-0.3, -0.25) is 0 Å². The molecule has 2 heterocycles. The third kappa shape index (κ3) is 4.89. The Morgan fingerprint density at radius 3 is 2.60 bits per heavy atom. The van der Waals surface area contributed by atoms with Crippen LogP contribution in [0.15, 0.2) is 60.5 Å². The molecule has 1 aromatic heterocycles. The molecule has 0 unspecified atom stereocenters. The summed E-state index contributed by atoms with van der Waals surface area (Å²) in [6, 6.07) is 10.7. The maximum Gasteiger partial charge on any atom is 0.223 e. The van der Waals surface area contributed by atoms with Crippen LogP contribution in [0.3, 0.4) is 0 Å². The van der Waals surface area contributed by atoms with Crippen molar-refractivity contribution in [2.45, 2.75) is 25.8 Å². The van der Waals surface area contributed by atoms with E-state index in [2.05, 4.69) is 83.7 Å². The molecule has 0 saturated heterocycles. The number of aryl methyl sites for hydroxylation is 1. The molecule has 1 fully saturated rings. The first-order valence-electron chi connectivity index (χ1n) is 10.4. The van der Waals surface area contributed by atoms with Gasteiger partial charge in [0.05, 0.1) is 17.1 Å². The lowest BCUT2D eigenvalue weighted by Gasteiger charge is -2.28. The highest BCUT2D eigenvalue weighted by Crippen LogP contribution is 2.29. The molecule has 3 N–H and O–H groups in total. The summed E-state index contributed by atoms with van der Waals surface area (Å²) in [7, 11) is 4.16. The Morgan fingerprint density at radius 1 is 1.20 bits per heavy atom. The van der Waals surface area contributed by atoms with Gasteiger partial charge in [0.2, 0.25) is 5.95 Å². The number of aromatic nitrogens is 2. The summed E-state index contributed by atoms with van der Waals surface area (Å²) in [5.74, 6) is 0.661. The lowest BCUT2D eigenvalue weighted by atomic mass is 10.1. The van der Waals surface area contributed by atoms with E-state index in [1.807, 2.05) is 6.07 Å². The molecule has 2 aromatic rings. The standard InChI is InChI=1S/C24H30N6/c1-17-4-6-19(7-5-17)22(25)23(30-14-11-18(12-15-30)16-29(2)3)21-10-13-26-24(28-21)27-20-8-9-20/h4-7,10-14,20H,8-9,15-16,25H2,1-3H3,(H,26,27,28)/b23-22-. The number of rotatable bonds is 7. The van der Waals surface area contributed by atoms with Crippen LogP contribution in [-0.4, -0.2) is 53.0 Å². The average molecular weight is 403 g/mol. The molecule has 0 amide bonds. The molecule has 1 aliphatic carbocycles. The van der Waals surface area contributed by atoms with Gasteiger partial charge in [0, 0.05) is 31.5 Å². The molecular weight excluding hydrogens is 372 g/mol. The van der Waals surface area contributed by atoms with Gasteiger partial charge in [-0.15, -0.1) is 0 Å². The molecule has 0 spiro atoms. The maximum atomic E-state index is 6.73. The van der Waals surface area contributed by atoms with Crippen LogP contribution < -0.4 is 11.1 Å². The van der Waals surface area contributed by atoms with Crippen molar-refractivity contribution in [2.24, 2.45) is 5.73 Å². The minimum atomic E-state index is 0.494. The van der Waals surface area contributed by atoms with Crippen LogP contribution >= 0.6 is 0 Å². The van der Waals surface area contributed by atoms with Gasteiger partial charge < -0.3 is 20.9 Å². The van der Waals surface area contributed by atoms with Gasteiger partial charge in [-0.05, 0) is 57.1 Å². The molecule has 156 valence electrons. The fourth-order valence-electron chi connectivity index (χ4n) is 3.46. The van der Waals surface area contributed by atoms with Crippen LogP contribution in [0, 0.1) is 6.92 Å². The van der Waals surface area contributed by atoms with E-state index in [0.717, 1.165) is 30.0 Å². The topological polar surface area (TPSA) is 70.3 Å². The van der Waals surface area contributed by atoms with Gasteiger partial charge in [-0.2, -0.15) is 0 Å². The van der Waals surface area contributed by atoms with Gasteiger partial charge in [0.15, 0.2) is 0 Å². The Morgan fingerprint density at radius 2 is 1.97 bits per heavy atom. The molecule has 0 bridgehead atoms. The van der Waals surface area contributed by atoms with E-state index in [-0.39, 0.29) is 0 Å². The van der Waals surface area contributed by atoms with Crippen molar-refractivity contribution in [3.63, 3.8) is 0 Å². The van der Waals surface area contributed by atoms with Crippen LogP contribution in [0.5, 0.6) is 0 Å². The van der Waals surface area contributed by atoms with Crippen molar-refractivity contribution >= 4 is 17.3 Å². The van der Waals surface area contributed by atoms with E-state index in [0.29, 0.717) is 17.7 Å². The molecule has 0 atom stereocenters. The first-order valence-corrected chi connectivity index (χ1v) is 10.4. The Kier molecular flexibility index (Phi) is 5.86.